The molecule has 0 spiro atoms. The Balaban J connectivity index is 2.00. The maximum absolute atomic E-state index is 12.9. The minimum atomic E-state index is -0.721. The number of ether oxygens (including phenoxy) is 1. The van der Waals surface area contributed by atoms with Gasteiger partial charge in [-0.05, 0) is 18.6 Å². The van der Waals surface area contributed by atoms with Crippen LogP contribution < -0.4 is 5.43 Å². The summed E-state index contributed by atoms with van der Waals surface area (Å²) < 4.78 is 5.09. The van der Waals surface area contributed by atoms with Crippen LogP contribution >= 0.6 is 11.6 Å². The number of nitrogens with zero attached hydrogens (tertiary/aromatic N) is 1. The van der Waals surface area contributed by atoms with Gasteiger partial charge in [0.2, 0.25) is 0 Å². The molecule has 2 aromatic carbocycles. The van der Waals surface area contributed by atoms with E-state index in [-0.39, 0.29) is 18.1 Å². The number of carbonyl (C=O) groups is 2. The minimum absolute atomic E-state index is 0.157. The predicted octanol–water partition coefficient (Wildman–Crippen LogP) is 3.20. The SMILES string of the molecule is CCOC(=O)C1=NN[C@H](C(=O)c2ccccc2)[C@H]1c1ccccc1Cl. The van der Waals surface area contributed by atoms with Crippen LogP contribution in [0.3, 0.4) is 0 Å². The Labute approximate surface area is 150 Å². The Morgan fingerprint density at radius 2 is 1.80 bits per heavy atom. The van der Waals surface area contributed by atoms with Gasteiger partial charge in [0.05, 0.1) is 12.5 Å². The lowest BCUT2D eigenvalue weighted by molar-refractivity contribution is -0.135. The number of halogens is 1. The van der Waals surface area contributed by atoms with Crippen LogP contribution in [-0.2, 0) is 9.53 Å². The zero-order valence-electron chi connectivity index (χ0n) is 13.6. The fourth-order valence-corrected chi connectivity index (χ4v) is 3.12. The van der Waals surface area contributed by atoms with Gasteiger partial charge in [-0.2, -0.15) is 5.10 Å². The Morgan fingerprint density at radius 3 is 2.48 bits per heavy atom. The molecule has 5 nitrogen and oxygen atoms in total. The van der Waals surface area contributed by atoms with E-state index in [2.05, 4.69) is 10.5 Å². The first kappa shape index (κ1) is 17.2. The molecule has 3 rings (SSSR count). The lowest BCUT2D eigenvalue weighted by Gasteiger charge is -2.20. The van der Waals surface area contributed by atoms with Crippen molar-refractivity contribution in [2.45, 2.75) is 18.9 Å². The number of rotatable bonds is 5. The first-order valence-electron chi connectivity index (χ1n) is 7.97. The molecule has 2 aromatic rings. The summed E-state index contributed by atoms with van der Waals surface area (Å²) in [6.45, 7) is 1.95. The second kappa shape index (κ2) is 7.49. The molecule has 0 radical (unpaired) electrons. The van der Waals surface area contributed by atoms with Crippen molar-refractivity contribution in [3.8, 4) is 0 Å². The van der Waals surface area contributed by atoms with Gasteiger partial charge >= 0.3 is 5.97 Å². The van der Waals surface area contributed by atoms with E-state index in [0.717, 1.165) is 0 Å². The van der Waals surface area contributed by atoms with Crippen LogP contribution in [-0.4, -0.2) is 30.1 Å². The Kier molecular flexibility index (Phi) is 5.14. The number of ketones is 1. The smallest absolute Gasteiger partial charge is 0.355 e. The van der Waals surface area contributed by atoms with Crippen molar-refractivity contribution in [2.75, 3.05) is 6.61 Å². The fourth-order valence-electron chi connectivity index (χ4n) is 2.86. The third kappa shape index (κ3) is 3.42. The molecule has 2 atom stereocenters. The van der Waals surface area contributed by atoms with Gasteiger partial charge in [0.1, 0.15) is 6.04 Å². The van der Waals surface area contributed by atoms with E-state index in [1.807, 2.05) is 12.1 Å². The zero-order valence-corrected chi connectivity index (χ0v) is 14.4. The molecule has 1 aliphatic heterocycles. The van der Waals surface area contributed by atoms with Gasteiger partial charge in [0.15, 0.2) is 11.5 Å². The van der Waals surface area contributed by atoms with Crippen LogP contribution in [0, 0.1) is 0 Å². The highest BCUT2D eigenvalue weighted by Gasteiger charge is 2.42. The van der Waals surface area contributed by atoms with Crippen molar-refractivity contribution >= 4 is 29.1 Å². The quantitative estimate of drug-likeness (QED) is 0.660. The van der Waals surface area contributed by atoms with E-state index >= 15 is 0 Å². The monoisotopic (exact) mass is 356 g/mol. The molecule has 6 heteroatoms. The second-order valence-electron chi connectivity index (χ2n) is 5.55. The average molecular weight is 357 g/mol. The van der Waals surface area contributed by atoms with E-state index in [1.165, 1.54) is 0 Å². The summed E-state index contributed by atoms with van der Waals surface area (Å²) in [6.07, 6.45) is 0. The molecule has 0 amide bonds. The van der Waals surface area contributed by atoms with Crippen molar-refractivity contribution in [1.29, 1.82) is 0 Å². The number of hydrogen-bond acceptors (Lipinski definition) is 5. The number of esters is 1. The highest BCUT2D eigenvalue weighted by molar-refractivity contribution is 6.41. The van der Waals surface area contributed by atoms with Crippen molar-refractivity contribution in [3.05, 3.63) is 70.7 Å². The van der Waals surface area contributed by atoms with E-state index in [0.29, 0.717) is 16.1 Å². The molecule has 0 unspecified atom stereocenters. The molecule has 0 fully saturated rings. The Hall–Kier alpha value is -2.66. The van der Waals surface area contributed by atoms with Crippen LogP contribution in [0.15, 0.2) is 59.7 Å². The van der Waals surface area contributed by atoms with Crippen molar-refractivity contribution in [2.24, 2.45) is 5.10 Å². The summed E-state index contributed by atoms with van der Waals surface area (Å²) in [5.41, 5.74) is 4.16. The highest BCUT2D eigenvalue weighted by Crippen LogP contribution is 2.33. The topological polar surface area (TPSA) is 67.8 Å². The van der Waals surface area contributed by atoms with E-state index in [4.69, 9.17) is 16.3 Å². The average Bonchev–Trinajstić information content (AvgIpc) is 3.07. The summed E-state index contributed by atoms with van der Waals surface area (Å²) in [5.74, 6) is -1.32. The minimum Gasteiger partial charge on any atom is -0.461 e. The Bertz CT molecular complexity index is 820. The van der Waals surface area contributed by atoms with Gasteiger partial charge < -0.3 is 4.74 Å². The van der Waals surface area contributed by atoms with E-state index in [9.17, 15) is 9.59 Å². The number of carbonyl (C=O) groups excluding carboxylic acids is 2. The lowest BCUT2D eigenvalue weighted by atomic mass is 9.84. The number of benzene rings is 2. The molecule has 0 aromatic heterocycles. The summed E-state index contributed by atoms with van der Waals surface area (Å²) in [5, 5.41) is 4.57. The van der Waals surface area contributed by atoms with E-state index in [1.54, 1.807) is 49.4 Å². The van der Waals surface area contributed by atoms with Gasteiger partial charge in [0, 0.05) is 10.6 Å². The maximum Gasteiger partial charge on any atom is 0.355 e. The lowest BCUT2D eigenvalue weighted by Crippen LogP contribution is -2.38. The van der Waals surface area contributed by atoms with Gasteiger partial charge in [-0.1, -0.05) is 60.1 Å². The molecule has 1 aliphatic rings. The molecule has 0 aliphatic carbocycles. The largest absolute Gasteiger partial charge is 0.461 e. The van der Waals surface area contributed by atoms with Crippen molar-refractivity contribution in [1.82, 2.24) is 5.43 Å². The number of Topliss-reactive ketones (excluding diaryl/α,β-unsaturated/α-hetero) is 1. The summed E-state index contributed by atoms with van der Waals surface area (Å²) in [4.78, 5) is 25.2. The third-order valence-electron chi connectivity index (χ3n) is 4.02. The summed E-state index contributed by atoms with van der Waals surface area (Å²) in [6, 6.07) is 15.3. The molecule has 128 valence electrons. The third-order valence-corrected chi connectivity index (χ3v) is 4.36. The molecule has 0 saturated carbocycles. The van der Waals surface area contributed by atoms with E-state index < -0.39 is 17.9 Å². The van der Waals surface area contributed by atoms with Crippen LogP contribution in [0.25, 0.3) is 0 Å². The predicted molar refractivity (Wildman–Crippen MR) is 96.0 cm³/mol. The van der Waals surface area contributed by atoms with Gasteiger partial charge in [-0.3, -0.25) is 10.2 Å². The summed E-state index contributed by atoms with van der Waals surface area (Å²) in [7, 11) is 0. The van der Waals surface area contributed by atoms with Crippen molar-refractivity contribution < 1.29 is 14.3 Å². The Morgan fingerprint density at radius 1 is 1.12 bits per heavy atom. The summed E-state index contributed by atoms with van der Waals surface area (Å²) >= 11 is 6.32. The molecular weight excluding hydrogens is 340 g/mol. The van der Waals surface area contributed by atoms with Crippen LogP contribution in [0.1, 0.15) is 28.8 Å². The number of hydrazone groups is 1. The number of hydrogen-bond donors (Lipinski definition) is 1. The first-order valence-corrected chi connectivity index (χ1v) is 8.35. The number of nitrogens with one attached hydrogen (secondary N) is 1. The van der Waals surface area contributed by atoms with Crippen LogP contribution in [0.5, 0.6) is 0 Å². The van der Waals surface area contributed by atoms with Crippen LogP contribution in [0.2, 0.25) is 5.02 Å². The first-order chi connectivity index (χ1) is 12.1. The molecule has 0 saturated heterocycles. The zero-order chi connectivity index (χ0) is 17.8. The maximum atomic E-state index is 12.9. The molecule has 25 heavy (non-hydrogen) atoms. The molecule has 1 heterocycles. The van der Waals surface area contributed by atoms with Crippen molar-refractivity contribution in [3.63, 3.8) is 0 Å². The van der Waals surface area contributed by atoms with Crippen LogP contribution in [0.4, 0.5) is 0 Å². The highest BCUT2D eigenvalue weighted by atomic mass is 35.5. The molecule has 0 bridgehead atoms. The van der Waals surface area contributed by atoms with Gasteiger partial charge in [-0.25, -0.2) is 4.79 Å². The fraction of sp³-hybridized carbons (Fsp3) is 0.211. The normalized spacial score (nSPS) is 19.0. The van der Waals surface area contributed by atoms with Gasteiger partial charge in [0.25, 0.3) is 0 Å². The second-order valence-corrected chi connectivity index (χ2v) is 5.96. The van der Waals surface area contributed by atoms with Gasteiger partial charge in [-0.15, -0.1) is 0 Å². The molecular formula is C19H17ClN2O3. The standard InChI is InChI=1S/C19H17ClN2O3/c1-2-25-19(24)17-15(13-10-6-7-11-14(13)20)16(21-22-17)18(23)12-8-4-3-5-9-12/h3-11,15-16,21H,2H2,1H3/t15-,16+/m1/s1. The molecule has 1 N–H and O–H groups in total.